The van der Waals surface area contributed by atoms with Gasteiger partial charge >= 0.3 is 0 Å². The third-order valence-electron chi connectivity index (χ3n) is 5.36. The Morgan fingerprint density at radius 3 is 2.39 bits per heavy atom. The van der Waals surface area contributed by atoms with Crippen LogP contribution in [0.2, 0.25) is 0 Å². The Kier molecular flexibility index (Phi) is 4.72. The summed E-state index contributed by atoms with van der Waals surface area (Å²) in [4.78, 5) is 38.5. The number of carbonyl (C=O) groups excluding carboxylic acids is 2. The Hall–Kier alpha value is -3.00. The van der Waals surface area contributed by atoms with Gasteiger partial charge in [0, 0.05) is 28.6 Å². The first-order valence-corrected chi connectivity index (χ1v) is 9.95. The predicted octanol–water partition coefficient (Wildman–Crippen LogP) is 4.02. The van der Waals surface area contributed by atoms with Crippen LogP contribution in [-0.4, -0.2) is 32.7 Å². The van der Waals surface area contributed by atoms with E-state index in [0.29, 0.717) is 0 Å². The zero-order valence-corrected chi connectivity index (χ0v) is 15.7. The van der Waals surface area contributed by atoms with Crippen molar-refractivity contribution >= 4 is 34.5 Å². The molecule has 1 N–H and O–H groups in total. The van der Waals surface area contributed by atoms with Gasteiger partial charge in [-0.25, -0.2) is 0 Å². The first-order valence-electron chi connectivity index (χ1n) is 9.07. The van der Waals surface area contributed by atoms with Crippen LogP contribution in [0.3, 0.4) is 0 Å². The van der Waals surface area contributed by atoms with Gasteiger partial charge in [0.25, 0.3) is 17.4 Å². The maximum Gasteiger partial charge on any atom is 0.295 e. The molecule has 1 saturated heterocycles. The van der Waals surface area contributed by atoms with E-state index < -0.39 is 22.7 Å². The summed E-state index contributed by atoms with van der Waals surface area (Å²) in [6.45, 7) is 0. The highest BCUT2D eigenvalue weighted by Crippen LogP contribution is 2.44. The van der Waals surface area contributed by atoms with E-state index in [0.717, 1.165) is 30.6 Å². The molecule has 28 heavy (non-hydrogen) atoms. The van der Waals surface area contributed by atoms with Crippen LogP contribution in [0, 0.1) is 10.1 Å². The van der Waals surface area contributed by atoms with E-state index in [1.165, 1.54) is 35.6 Å². The number of hydrogen-bond donors (Lipinski definition) is 1. The molecule has 1 aliphatic carbocycles. The number of aliphatic hydroxyl groups is 1. The van der Waals surface area contributed by atoms with Crippen LogP contribution in [-0.2, 0) is 9.59 Å². The molecular formula is C20H18N2O5S. The molecule has 1 atom stereocenters. The number of benzene rings is 1. The first-order chi connectivity index (χ1) is 13.5. The summed E-state index contributed by atoms with van der Waals surface area (Å²) in [5.74, 6) is -1.60. The largest absolute Gasteiger partial charge is 0.507 e. The summed E-state index contributed by atoms with van der Waals surface area (Å²) in [5, 5.41) is 23.6. The molecule has 4 rings (SSSR count). The third kappa shape index (κ3) is 2.99. The topological polar surface area (TPSA) is 101 Å². The summed E-state index contributed by atoms with van der Waals surface area (Å²) in [5.41, 5.74) is 0.211. The van der Waals surface area contributed by atoms with Gasteiger partial charge in [-0.3, -0.25) is 19.7 Å². The van der Waals surface area contributed by atoms with Crippen LogP contribution in [0.4, 0.5) is 5.69 Å². The van der Waals surface area contributed by atoms with Gasteiger partial charge < -0.3 is 10.0 Å². The van der Waals surface area contributed by atoms with Crippen LogP contribution in [0.1, 0.15) is 42.2 Å². The lowest BCUT2D eigenvalue weighted by molar-refractivity contribution is -0.384. The van der Waals surface area contributed by atoms with Gasteiger partial charge in [-0.15, -0.1) is 11.3 Å². The van der Waals surface area contributed by atoms with Crippen molar-refractivity contribution in [1.82, 2.24) is 4.90 Å². The van der Waals surface area contributed by atoms with Crippen molar-refractivity contribution in [3.05, 3.63) is 67.9 Å². The van der Waals surface area contributed by atoms with Gasteiger partial charge in [-0.05, 0) is 36.4 Å². The number of ketones is 1. The number of amides is 1. The molecule has 1 unspecified atom stereocenters. The van der Waals surface area contributed by atoms with Crippen LogP contribution >= 0.6 is 11.3 Å². The quantitative estimate of drug-likeness (QED) is 0.276. The number of aliphatic hydroxyl groups excluding tert-OH is 1. The molecule has 2 aromatic rings. The average molecular weight is 398 g/mol. The summed E-state index contributed by atoms with van der Waals surface area (Å²) >= 11 is 1.43. The number of carbonyl (C=O) groups is 2. The van der Waals surface area contributed by atoms with E-state index in [4.69, 9.17) is 0 Å². The molecule has 1 amide bonds. The Balaban J connectivity index is 1.82. The van der Waals surface area contributed by atoms with Crippen molar-refractivity contribution in [2.45, 2.75) is 37.8 Å². The minimum atomic E-state index is -0.707. The van der Waals surface area contributed by atoms with Crippen LogP contribution in [0.5, 0.6) is 0 Å². The van der Waals surface area contributed by atoms with Crippen molar-refractivity contribution in [2.75, 3.05) is 0 Å². The van der Waals surface area contributed by atoms with Gasteiger partial charge in [0.05, 0.1) is 16.5 Å². The zero-order valence-electron chi connectivity index (χ0n) is 14.9. The molecule has 8 heteroatoms. The van der Waals surface area contributed by atoms with Crippen LogP contribution < -0.4 is 0 Å². The third-order valence-corrected chi connectivity index (χ3v) is 6.29. The van der Waals surface area contributed by atoms with E-state index in [1.54, 1.807) is 4.90 Å². The summed E-state index contributed by atoms with van der Waals surface area (Å²) in [6.07, 6.45) is 3.69. The second-order valence-electron chi connectivity index (χ2n) is 6.96. The predicted molar refractivity (Wildman–Crippen MR) is 104 cm³/mol. The average Bonchev–Trinajstić information content (AvgIpc) is 3.43. The maximum absolute atomic E-state index is 12.9. The van der Waals surface area contributed by atoms with Gasteiger partial charge in [0.15, 0.2) is 0 Å². The van der Waals surface area contributed by atoms with Crippen molar-refractivity contribution in [1.29, 1.82) is 0 Å². The van der Waals surface area contributed by atoms with Gasteiger partial charge in [-0.1, -0.05) is 18.9 Å². The first kappa shape index (κ1) is 18.4. The van der Waals surface area contributed by atoms with E-state index in [-0.39, 0.29) is 28.6 Å². The van der Waals surface area contributed by atoms with E-state index in [9.17, 15) is 24.8 Å². The number of nitrogens with zero attached hydrogens (tertiary/aromatic N) is 2. The number of nitro groups is 1. The van der Waals surface area contributed by atoms with Crippen molar-refractivity contribution in [2.24, 2.45) is 0 Å². The molecule has 0 radical (unpaired) electrons. The molecule has 1 aromatic carbocycles. The van der Waals surface area contributed by atoms with Crippen LogP contribution in [0.15, 0.2) is 47.4 Å². The van der Waals surface area contributed by atoms with Gasteiger partial charge in [0.1, 0.15) is 5.76 Å². The summed E-state index contributed by atoms with van der Waals surface area (Å²) in [7, 11) is 0. The molecule has 7 nitrogen and oxygen atoms in total. The fourth-order valence-electron chi connectivity index (χ4n) is 4.03. The van der Waals surface area contributed by atoms with E-state index in [1.807, 2.05) is 17.5 Å². The number of Topliss-reactive ketones (excluding diaryl/α,β-unsaturated/α-hetero) is 1. The molecule has 2 fully saturated rings. The second kappa shape index (κ2) is 7.20. The highest BCUT2D eigenvalue weighted by atomic mass is 32.1. The number of rotatable bonds is 4. The smallest absolute Gasteiger partial charge is 0.295 e. The Morgan fingerprint density at radius 1 is 1.14 bits per heavy atom. The molecule has 1 aromatic heterocycles. The van der Waals surface area contributed by atoms with E-state index in [2.05, 4.69) is 0 Å². The van der Waals surface area contributed by atoms with Crippen molar-refractivity contribution in [3.8, 4) is 0 Å². The lowest BCUT2D eigenvalue weighted by Crippen LogP contribution is -2.37. The van der Waals surface area contributed by atoms with Gasteiger partial charge in [-0.2, -0.15) is 0 Å². The SMILES string of the molecule is O=C1C(=O)N(C2CCCC2)C(c2cccs2)/C1=C(/O)c1ccc([N+](=O)[O-])cc1. The van der Waals surface area contributed by atoms with Crippen LogP contribution in [0.25, 0.3) is 5.76 Å². The summed E-state index contributed by atoms with van der Waals surface area (Å²) in [6, 6.07) is 8.37. The molecule has 1 aliphatic heterocycles. The Bertz CT molecular complexity index is 959. The standard InChI is InChI=1S/C20H18N2O5S/c23-18(12-7-9-14(10-8-12)22(26)27)16-17(15-6-3-11-28-15)21(20(25)19(16)24)13-4-1-2-5-13/h3,6-11,13,17,23H,1-2,4-5H2/b18-16-. The lowest BCUT2D eigenvalue weighted by Gasteiger charge is -2.29. The molecule has 2 aliphatic rings. The number of non-ortho nitro benzene ring substituents is 1. The molecule has 1 saturated carbocycles. The summed E-state index contributed by atoms with van der Waals surface area (Å²) < 4.78 is 0. The number of nitro benzene ring substituents is 1. The molecule has 144 valence electrons. The Morgan fingerprint density at radius 2 is 1.82 bits per heavy atom. The van der Waals surface area contributed by atoms with E-state index >= 15 is 0 Å². The van der Waals surface area contributed by atoms with Crippen molar-refractivity contribution < 1.29 is 19.6 Å². The minimum absolute atomic E-state index is 0.0225. The second-order valence-corrected chi connectivity index (χ2v) is 7.94. The monoisotopic (exact) mass is 398 g/mol. The highest BCUT2D eigenvalue weighted by molar-refractivity contribution is 7.10. The molecule has 0 spiro atoms. The fraction of sp³-hybridized carbons (Fsp3) is 0.300. The zero-order chi connectivity index (χ0) is 19.8. The number of likely N-dealkylation sites (tertiary alicyclic amines) is 1. The normalized spacial score (nSPS) is 22.1. The van der Waals surface area contributed by atoms with Crippen molar-refractivity contribution in [3.63, 3.8) is 0 Å². The Labute approximate surface area is 165 Å². The molecular weight excluding hydrogens is 380 g/mol. The lowest BCUT2D eigenvalue weighted by atomic mass is 9.99. The number of thiophene rings is 1. The minimum Gasteiger partial charge on any atom is -0.507 e. The molecule has 2 heterocycles. The highest BCUT2D eigenvalue weighted by Gasteiger charge is 2.49. The fourth-order valence-corrected chi connectivity index (χ4v) is 4.86. The van der Waals surface area contributed by atoms with Gasteiger partial charge in [0.2, 0.25) is 0 Å². The molecule has 0 bridgehead atoms. The number of hydrogen-bond acceptors (Lipinski definition) is 6. The maximum atomic E-state index is 12.9.